The fourth-order valence-electron chi connectivity index (χ4n) is 3.49. The van der Waals surface area contributed by atoms with Gasteiger partial charge in [-0.1, -0.05) is 67.2 Å². The molecule has 6 nitrogen and oxygen atoms in total. The number of fused-ring (bicyclic) bond motifs is 1. The van der Waals surface area contributed by atoms with Gasteiger partial charge in [-0.15, -0.1) is 0 Å². The molecule has 2 heterocycles. The van der Waals surface area contributed by atoms with Crippen LogP contribution in [-0.4, -0.2) is 32.2 Å². The van der Waals surface area contributed by atoms with Crippen LogP contribution in [0, 0.1) is 6.92 Å². The van der Waals surface area contributed by atoms with E-state index in [1.165, 1.54) is 21.9 Å². The van der Waals surface area contributed by atoms with E-state index in [4.69, 9.17) is 4.98 Å². The van der Waals surface area contributed by atoms with Crippen molar-refractivity contribution in [2.24, 2.45) is 0 Å². The first-order valence-corrected chi connectivity index (χ1v) is 11.8. The highest BCUT2D eigenvalue weighted by Crippen LogP contribution is 2.25. The predicted octanol–water partition coefficient (Wildman–Crippen LogP) is 4.49. The Balaban J connectivity index is 1.59. The number of amides is 1. The van der Waals surface area contributed by atoms with Crippen LogP contribution in [0.4, 0.5) is 0 Å². The normalized spacial score (nSPS) is 12.9. The van der Waals surface area contributed by atoms with Crippen molar-refractivity contribution in [3.8, 4) is 5.82 Å². The highest BCUT2D eigenvalue weighted by atomic mass is 32.2. The summed E-state index contributed by atoms with van der Waals surface area (Å²) in [4.78, 5) is 35.3. The number of hydrogen-bond acceptors (Lipinski definition) is 5. The van der Waals surface area contributed by atoms with Gasteiger partial charge in [-0.25, -0.2) is 14.5 Å². The molecule has 2 aromatic carbocycles. The maximum atomic E-state index is 13.3. The third-order valence-electron chi connectivity index (χ3n) is 5.47. The number of aromatic nitrogens is 3. The van der Waals surface area contributed by atoms with E-state index >= 15 is 0 Å². The number of carbonyl (C=O) groups is 1. The molecule has 0 saturated heterocycles. The first kappa shape index (κ1) is 22.7. The van der Waals surface area contributed by atoms with Gasteiger partial charge in [0.2, 0.25) is 5.91 Å². The van der Waals surface area contributed by atoms with Crippen molar-refractivity contribution in [3.05, 3.63) is 94.4 Å². The van der Waals surface area contributed by atoms with Crippen LogP contribution in [-0.2, 0) is 4.79 Å². The van der Waals surface area contributed by atoms with Gasteiger partial charge in [0.1, 0.15) is 5.82 Å². The van der Waals surface area contributed by atoms with Crippen molar-refractivity contribution in [2.75, 3.05) is 6.54 Å². The molecule has 2 aromatic heterocycles. The lowest BCUT2D eigenvalue weighted by Gasteiger charge is -2.18. The molecule has 0 aliphatic rings. The molecule has 33 heavy (non-hydrogen) atoms. The molecule has 0 radical (unpaired) electrons. The summed E-state index contributed by atoms with van der Waals surface area (Å²) in [6.07, 6.45) is 1.71. The van der Waals surface area contributed by atoms with Crippen molar-refractivity contribution in [1.82, 2.24) is 19.9 Å². The molecule has 1 N–H and O–H groups in total. The van der Waals surface area contributed by atoms with Gasteiger partial charge in [0, 0.05) is 12.7 Å². The van der Waals surface area contributed by atoms with E-state index in [1.807, 2.05) is 50.2 Å². The number of rotatable bonds is 7. The van der Waals surface area contributed by atoms with Gasteiger partial charge in [-0.3, -0.25) is 9.59 Å². The number of hydrogen-bond donors (Lipinski definition) is 1. The fraction of sp³-hybridized carbons (Fsp3) is 0.231. The quantitative estimate of drug-likeness (QED) is 0.326. The van der Waals surface area contributed by atoms with Crippen LogP contribution in [0.25, 0.3) is 16.7 Å². The Hall–Kier alpha value is -3.45. The molecule has 0 spiro atoms. The summed E-state index contributed by atoms with van der Waals surface area (Å²) in [5, 5.41) is 3.53. The second-order valence-electron chi connectivity index (χ2n) is 8.06. The first-order chi connectivity index (χ1) is 15.9. The summed E-state index contributed by atoms with van der Waals surface area (Å²) in [5.74, 6) is 0.575. The molecule has 0 fully saturated rings. The number of benzene rings is 2. The second-order valence-corrected chi connectivity index (χ2v) is 9.37. The molecule has 168 valence electrons. The average molecular weight is 459 g/mol. The highest BCUT2D eigenvalue weighted by molar-refractivity contribution is 8.00. The summed E-state index contributed by atoms with van der Waals surface area (Å²) in [6, 6.07) is 21.0. The van der Waals surface area contributed by atoms with Crippen molar-refractivity contribution >= 4 is 28.6 Å². The molecule has 4 rings (SSSR count). The zero-order valence-electron chi connectivity index (χ0n) is 18.9. The van der Waals surface area contributed by atoms with E-state index in [0.29, 0.717) is 28.4 Å². The van der Waals surface area contributed by atoms with E-state index in [9.17, 15) is 9.59 Å². The van der Waals surface area contributed by atoms with Gasteiger partial charge in [0.25, 0.3) is 5.56 Å². The van der Waals surface area contributed by atoms with Gasteiger partial charge in [0.05, 0.1) is 16.2 Å². The number of nitrogens with zero attached hydrogens (tertiary/aromatic N) is 3. The van der Waals surface area contributed by atoms with Crippen LogP contribution in [0.5, 0.6) is 0 Å². The maximum Gasteiger partial charge on any atom is 0.267 e. The van der Waals surface area contributed by atoms with Crippen LogP contribution >= 0.6 is 11.8 Å². The molecule has 1 amide bonds. The highest BCUT2D eigenvalue weighted by Gasteiger charge is 2.21. The molecule has 7 heteroatoms. The molecule has 2 atom stereocenters. The molecule has 0 aliphatic carbocycles. The third kappa shape index (κ3) is 5.14. The van der Waals surface area contributed by atoms with E-state index < -0.39 is 5.25 Å². The Morgan fingerprint density at radius 3 is 2.48 bits per heavy atom. The van der Waals surface area contributed by atoms with Crippen molar-refractivity contribution in [2.45, 2.75) is 37.1 Å². The van der Waals surface area contributed by atoms with Crippen LogP contribution in [0.1, 0.15) is 30.9 Å². The summed E-state index contributed by atoms with van der Waals surface area (Å²) >= 11 is 1.25. The Labute approximate surface area is 197 Å². The Kier molecular flexibility index (Phi) is 6.89. The predicted molar refractivity (Wildman–Crippen MR) is 133 cm³/mol. The zero-order valence-corrected chi connectivity index (χ0v) is 19.7. The second kappa shape index (κ2) is 10.0. The Bertz CT molecular complexity index is 1320. The minimum Gasteiger partial charge on any atom is -0.355 e. The van der Waals surface area contributed by atoms with Crippen molar-refractivity contribution in [1.29, 1.82) is 0 Å². The van der Waals surface area contributed by atoms with Gasteiger partial charge >= 0.3 is 0 Å². The lowest BCUT2D eigenvalue weighted by Crippen LogP contribution is -2.34. The fourth-order valence-corrected chi connectivity index (χ4v) is 4.43. The summed E-state index contributed by atoms with van der Waals surface area (Å²) < 4.78 is 1.49. The minimum atomic E-state index is -0.447. The number of aryl methyl sites for hydroxylation is 1. The summed E-state index contributed by atoms with van der Waals surface area (Å²) in [5.41, 5.74) is 2.56. The van der Waals surface area contributed by atoms with Gasteiger partial charge in [0.15, 0.2) is 5.16 Å². The zero-order chi connectivity index (χ0) is 23.4. The summed E-state index contributed by atoms with van der Waals surface area (Å²) in [7, 11) is 0. The SMILES string of the molecule is Cc1ccc(-n2c(SC(C)C(=O)NCC(C)c3ccccc3)nc3ccccc3c2=O)nc1. The molecule has 0 bridgehead atoms. The van der Waals surface area contributed by atoms with Crippen LogP contribution in [0.3, 0.4) is 0 Å². The number of para-hydroxylation sites is 1. The molecule has 0 saturated carbocycles. The summed E-state index contributed by atoms with van der Waals surface area (Å²) in [6.45, 7) is 6.38. The molecule has 0 aliphatic heterocycles. The number of pyridine rings is 1. The van der Waals surface area contributed by atoms with Crippen LogP contribution in [0.15, 0.2) is 82.9 Å². The molecular weight excluding hydrogens is 432 g/mol. The maximum absolute atomic E-state index is 13.3. The minimum absolute atomic E-state index is 0.103. The molecular formula is C26H26N4O2S. The molecule has 2 unspecified atom stereocenters. The van der Waals surface area contributed by atoms with Gasteiger partial charge in [-0.2, -0.15) is 0 Å². The number of carbonyl (C=O) groups excluding carboxylic acids is 1. The topological polar surface area (TPSA) is 76.9 Å². The lowest BCUT2D eigenvalue weighted by atomic mass is 10.0. The first-order valence-electron chi connectivity index (χ1n) is 10.9. The monoisotopic (exact) mass is 458 g/mol. The van der Waals surface area contributed by atoms with Gasteiger partial charge < -0.3 is 5.32 Å². The van der Waals surface area contributed by atoms with E-state index in [-0.39, 0.29) is 17.4 Å². The van der Waals surface area contributed by atoms with Crippen molar-refractivity contribution in [3.63, 3.8) is 0 Å². The largest absolute Gasteiger partial charge is 0.355 e. The van der Waals surface area contributed by atoms with E-state index in [2.05, 4.69) is 29.4 Å². The number of thioether (sulfide) groups is 1. The van der Waals surface area contributed by atoms with E-state index in [1.54, 1.807) is 24.4 Å². The average Bonchev–Trinajstić information content (AvgIpc) is 2.84. The Morgan fingerprint density at radius 1 is 1.03 bits per heavy atom. The smallest absolute Gasteiger partial charge is 0.267 e. The standard InChI is InChI=1S/C26H26N4O2S/c1-17-13-14-23(27-15-17)30-25(32)21-11-7-8-12-22(21)29-26(30)33-19(3)24(31)28-16-18(2)20-9-5-4-6-10-20/h4-15,18-19H,16H2,1-3H3,(H,28,31). The van der Waals surface area contributed by atoms with Crippen LogP contribution in [0.2, 0.25) is 0 Å². The molecule has 4 aromatic rings. The number of nitrogens with one attached hydrogen (secondary N) is 1. The Morgan fingerprint density at radius 2 is 1.76 bits per heavy atom. The van der Waals surface area contributed by atoms with Crippen molar-refractivity contribution < 1.29 is 4.79 Å². The van der Waals surface area contributed by atoms with E-state index in [0.717, 1.165) is 5.56 Å². The lowest BCUT2D eigenvalue weighted by molar-refractivity contribution is -0.120. The third-order valence-corrected chi connectivity index (χ3v) is 6.52. The van der Waals surface area contributed by atoms with Gasteiger partial charge in [-0.05, 0) is 49.1 Å². The van der Waals surface area contributed by atoms with Crippen LogP contribution < -0.4 is 10.9 Å².